The quantitative estimate of drug-likeness (QED) is 0.355. The second-order valence-corrected chi connectivity index (χ2v) is 8.46. The van der Waals surface area contributed by atoms with Gasteiger partial charge in [-0.25, -0.2) is 0 Å². The topological polar surface area (TPSA) is 159 Å². The number of Topliss-reactive ketones (excluding diaryl/α,β-unsaturated/α-hetero) is 3. The number of amides is 2. The number of benzene rings is 1. The third-order valence-electron chi connectivity index (χ3n) is 5.75. The van der Waals surface area contributed by atoms with Gasteiger partial charge in [-0.3, -0.25) is 28.9 Å². The highest BCUT2D eigenvalue weighted by atomic mass is 79.9. The maximum atomic E-state index is 13.0. The molecule has 1 saturated heterocycles. The number of ketones is 3. The number of alkyl halides is 1. The molecule has 1 fully saturated rings. The molecule has 1 aromatic carbocycles. The van der Waals surface area contributed by atoms with Crippen LogP contribution in [0.5, 0.6) is 0 Å². The molecule has 2 heterocycles. The van der Waals surface area contributed by atoms with Crippen LogP contribution in [0.1, 0.15) is 41.5 Å². The van der Waals surface area contributed by atoms with Gasteiger partial charge in [-0.05, 0) is 32.9 Å². The van der Waals surface area contributed by atoms with E-state index in [9.17, 15) is 39.3 Å². The van der Waals surface area contributed by atoms with Gasteiger partial charge in [-0.2, -0.15) is 0 Å². The number of halogens is 1. The average Bonchev–Trinajstić information content (AvgIpc) is 2.95. The van der Waals surface area contributed by atoms with Crippen LogP contribution in [-0.2, 0) is 19.1 Å². The van der Waals surface area contributed by atoms with Crippen molar-refractivity contribution in [3.63, 3.8) is 0 Å². The van der Waals surface area contributed by atoms with E-state index in [0.29, 0.717) is 4.90 Å². The number of hydrogen-bond donors (Lipinski definition) is 3. The Kier molecular flexibility index (Phi) is 5.78. The molecule has 31 heavy (non-hydrogen) atoms. The lowest BCUT2D eigenvalue weighted by molar-refractivity contribution is -0.255. The summed E-state index contributed by atoms with van der Waals surface area (Å²) in [5.74, 6) is -5.37. The van der Waals surface area contributed by atoms with E-state index in [2.05, 4.69) is 15.9 Å². The van der Waals surface area contributed by atoms with Crippen LogP contribution in [0.3, 0.4) is 0 Å². The van der Waals surface area contributed by atoms with Gasteiger partial charge in [-0.1, -0.05) is 28.1 Å². The Labute approximate surface area is 184 Å². The first-order valence-electron chi connectivity index (χ1n) is 9.26. The maximum absolute atomic E-state index is 13.0. The number of carbonyl (C=O) groups is 5. The van der Waals surface area contributed by atoms with Crippen molar-refractivity contribution >= 4 is 45.1 Å². The Morgan fingerprint density at radius 1 is 1.03 bits per heavy atom. The lowest BCUT2D eigenvalue weighted by Crippen LogP contribution is -2.82. The second-order valence-electron chi connectivity index (χ2n) is 7.56. The summed E-state index contributed by atoms with van der Waals surface area (Å²) in [6, 6.07) is 3.84. The van der Waals surface area contributed by atoms with Gasteiger partial charge >= 0.3 is 0 Å². The van der Waals surface area contributed by atoms with E-state index in [1.54, 1.807) is 0 Å². The van der Waals surface area contributed by atoms with Gasteiger partial charge in [0.05, 0.1) is 11.1 Å². The zero-order chi connectivity index (χ0) is 23.5. The minimum Gasteiger partial charge on any atom is -0.386 e. The summed E-state index contributed by atoms with van der Waals surface area (Å²) in [7, 11) is 0. The Morgan fingerprint density at radius 3 is 1.87 bits per heavy atom. The number of ether oxygens (including phenoxy) is 1. The summed E-state index contributed by atoms with van der Waals surface area (Å²) in [5, 5.41) is 31.0. The predicted molar refractivity (Wildman–Crippen MR) is 106 cm³/mol. The number of nitrogens with zero attached hydrogens (tertiary/aromatic N) is 1. The van der Waals surface area contributed by atoms with Gasteiger partial charge in [0.25, 0.3) is 11.8 Å². The number of rotatable bonds is 5. The van der Waals surface area contributed by atoms with Crippen LogP contribution in [-0.4, -0.2) is 83.8 Å². The van der Waals surface area contributed by atoms with E-state index in [1.165, 1.54) is 24.3 Å². The molecule has 166 valence electrons. The monoisotopic (exact) mass is 497 g/mol. The Hall–Kier alpha value is -2.31. The third-order valence-corrected chi connectivity index (χ3v) is 6.47. The molecule has 0 aliphatic carbocycles. The summed E-state index contributed by atoms with van der Waals surface area (Å²) in [5.41, 5.74) is -6.34. The molecule has 0 radical (unpaired) electrons. The van der Waals surface area contributed by atoms with Crippen molar-refractivity contribution in [3.8, 4) is 0 Å². The van der Waals surface area contributed by atoms with E-state index >= 15 is 0 Å². The van der Waals surface area contributed by atoms with Crippen molar-refractivity contribution in [1.29, 1.82) is 0 Å². The van der Waals surface area contributed by atoms with Gasteiger partial charge in [-0.15, -0.1) is 0 Å². The Balaban J connectivity index is 2.24. The summed E-state index contributed by atoms with van der Waals surface area (Å²) in [6.07, 6.45) is -3.88. The SMILES string of the molecule is CC(=O)[C@@]1(O)[C@@H](C(=O)C(C)O)O[C@H](Br)[C@@H](N2C(=O)c3ccccc3C2=O)[C@]1(O)C(C)=O. The highest BCUT2D eigenvalue weighted by molar-refractivity contribution is 9.09. The normalized spacial score (nSPS) is 33.8. The first-order valence-corrected chi connectivity index (χ1v) is 10.2. The average molecular weight is 498 g/mol. The first kappa shape index (κ1) is 23.4. The van der Waals surface area contributed by atoms with Crippen LogP contribution in [0.15, 0.2) is 24.3 Å². The Morgan fingerprint density at radius 2 is 1.48 bits per heavy atom. The molecule has 0 saturated carbocycles. The zero-order valence-corrected chi connectivity index (χ0v) is 18.3. The van der Waals surface area contributed by atoms with E-state index in [-0.39, 0.29) is 11.1 Å². The summed E-state index contributed by atoms with van der Waals surface area (Å²) >= 11 is 3.03. The van der Waals surface area contributed by atoms with Crippen LogP contribution in [0, 0.1) is 0 Å². The molecule has 6 atom stereocenters. The summed E-state index contributed by atoms with van der Waals surface area (Å²) in [4.78, 5) is 64.3. The van der Waals surface area contributed by atoms with Gasteiger partial charge < -0.3 is 20.1 Å². The van der Waals surface area contributed by atoms with Crippen molar-refractivity contribution < 1.29 is 44.0 Å². The summed E-state index contributed by atoms with van der Waals surface area (Å²) < 4.78 is 5.43. The van der Waals surface area contributed by atoms with E-state index in [4.69, 9.17) is 4.74 Å². The van der Waals surface area contributed by atoms with Crippen LogP contribution in [0.4, 0.5) is 0 Å². The smallest absolute Gasteiger partial charge is 0.262 e. The van der Waals surface area contributed by atoms with Crippen molar-refractivity contribution in [2.75, 3.05) is 0 Å². The second kappa shape index (κ2) is 7.68. The number of aliphatic hydroxyl groups is 3. The fourth-order valence-corrected chi connectivity index (χ4v) is 4.94. The molecule has 2 aliphatic heterocycles. The van der Waals surface area contributed by atoms with Crippen molar-refractivity contribution in [1.82, 2.24) is 4.90 Å². The van der Waals surface area contributed by atoms with Gasteiger partial charge in [0.2, 0.25) is 0 Å². The summed E-state index contributed by atoms with van der Waals surface area (Å²) in [6.45, 7) is 2.71. The molecule has 1 unspecified atom stereocenters. The largest absolute Gasteiger partial charge is 0.386 e. The van der Waals surface area contributed by atoms with Crippen LogP contribution >= 0.6 is 15.9 Å². The van der Waals surface area contributed by atoms with Gasteiger partial charge in [0.1, 0.15) is 17.2 Å². The predicted octanol–water partition coefficient (Wildman–Crippen LogP) is -0.639. The molecule has 0 bridgehead atoms. The number of hydrogen-bond acceptors (Lipinski definition) is 9. The number of fused-ring (bicyclic) bond motifs is 1. The molecule has 0 spiro atoms. The molecule has 1 aromatic rings. The van der Waals surface area contributed by atoms with Crippen molar-refractivity contribution in [3.05, 3.63) is 35.4 Å². The zero-order valence-electron chi connectivity index (χ0n) is 16.7. The maximum Gasteiger partial charge on any atom is 0.262 e. The third kappa shape index (κ3) is 3.03. The molecule has 2 amide bonds. The van der Waals surface area contributed by atoms with Gasteiger partial charge in [0, 0.05) is 0 Å². The van der Waals surface area contributed by atoms with Crippen molar-refractivity contribution in [2.45, 2.75) is 55.2 Å². The minimum absolute atomic E-state index is 0.00773. The van der Waals surface area contributed by atoms with E-state index in [0.717, 1.165) is 20.8 Å². The lowest BCUT2D eigenvalue weighted by atomic mass is 9.66. The standard InChI is InChI=1S/C20H20BrNO9/c1-8(23)13(26)15-20(30,10(3)25)19(29,9(2)24)14(16(21)31-15)22-17(27)11-6-4-5-7-12(11)18(22)28/h4-8,14-16,23,29-30H,1-3H3/t8?,14-,15-,16+,19-,20-/m1/s1. The Bertz CT molecular complexity index is 973. The molecule has 0 aromatic heterocycles. The van der Waals surface area contributed by atoms with Crippen LogP contribution in [0.2, 0.25) is 0 Å². The molecular weight excluding hydrogens is 478 g/mol. The fourth-order valence-electron chi connectivity index (χ4n) is 4.10. The number of carbonyl (C=O) groups excluding carboxylic acids is 5. The number of aliphatic hydroxyl groups excluding tert-OH is 1. The molecule has 3 rings (SSSR count). The lowest BCUT2D eigenvalue weighted by Gasteiger charge is -2.54. The first-order chi connectivity index (χ1) is 14.3. The highest BCUT2D eigenvalue weighted by Gasteiger charge is 2.73. The van der Waals surface area contributed by atoms with Gasteiger partial charge in [0.15, 0.2) is 34.7 Å². The van der Waals surface area contributed by atoms with Crippen LogP contribution < -0.4 is 0 Å². The minimum atomic E-state index is -3.20. The highest BCUT2D eigenvalue weighted by Crippen LogP contribution is 2.46. The van der Waals surface area contributed by atoms with Crippen molar-refractivity contribution in [2.24, 2.45) is 0 Å². The molecule has 3 N–H and O–H groups in total. The fraction of sp³-hybridized carbons (Fsp3) is 0.450. The van der Waals surface area contributed by atoms with E-state index in [1.807, 2.05) is 0 Å². The molecule has 2 aliphatic rings. The van der Waals surface area contributed by atoms with E-state index < -0.39 is 63.6 Å². The number of imide groups is 1. The molecule has 10 nitrogen and oxygen atoms in total. The molecule has 11 heteroatoms. The van der Waals surface area contributed by atoms with Crippen LogP contribution in [0.25, 0.3) is 0 Å². The molecular formula is C20H20BrNO9.